The van der Waals surface area contributed by atoms with Gasteiger partial charge in [0.1, 0.15) is 5.75 Å². The highest BCUT2D eigenvalue weighted by Gasteiger charge is 2.29. The summed E-state index contributed by atoms with van der Waals surface area (Å²) in [6, 6.07) is 13.9. The van der Waals surface area contributed by atoms with Gasteiger partial charge in [-0.2, -0.15) is 0 Å². The van der Waals surface area contributed by atoms with Gasteiger partial charge in [0, 0.05) is 17.2 Å². The third-order valence-electron chi connectivity index (χ3n) is 4.38. The van der Waals surface area contributed by atoms with Gasteiger partial charge in [0.2, 0.25) is 5.91 Å². The summed E-state index contributed by atoms with van der Waals surface area (Å²) in [5.74, 6) is -0.219. The van der Waals surface area contributed by atoms with Crippen LogP contribution in [0.5, 0.6) is 5.75 Å². The zero-order valence-corrected chi connectivity index (χ0v) is 15.7. The Hall–Kier alpha value is -3.35. The molecule has 1 fully saturated rings. The summed E-state index contributed by atoms with van der Waals surface area (Å²) in [7, 11) is 0. The Bertz CT molecular complexity index is 843. The molecule has 7 heteroatoms. The maximum atomic E-state index is 12.1. The number of hydrogen-bond donors (Lipinski definition) is 3. The molecule has 1 saturated carbocycles. The second-order valence-corrected chi connectivity index (χ2v) is 6.63. The smallest absolute Gasteiger partial charge is 0.276 e. The minimum atomic E-state index is -0.471. The van der Waals surface area contributed by atoms with E-state index in [0.717, 1.165) is 19.3 Å². The maximum absolute atomic E-state index is 12.1. The largest absolute Gasteiger partial charge is 0.484 e. The Morgan fingerprint density at radius 1 is 0.964 bits per heavy atom. The number of ether oxygens (including phenoxy) is 1. The predicted octanol–water partition coefficient (Wildman–Crippen LogP) is 2.44. The number of hydrogen-bond acceptors (Lipinski definition) is 4. The van der Waals surface area contributed by atoms with Gasteiger partial charge >= 0.3 is 0 Å². The predicted molar refractivity (Wildman–Crippen MR) is 105 cm³/mol. The van der Waals surface area contributed by atoms with Crippen LogP contribution in [0.2, 0.25) is 0 Å². The van der Waals surface area contributed by atoms with Crippen LogP contribution < -0.4 is 20.9 Å². The standard InChI is InChI=1S/C21H23N3O4/c1-2-14-3-11-18(12-4-14)28-13-19(25)23-24-21(27)16-7-9-17(10-8-16)22-20(26)15-5-6-15/h3-4,7-12,15H,2,5-6,13H2,1H3,(H,22,26)(H,23,25)(H,24,27). The molecule has 3 rings (SSSR count). The summed E-state index contributed by atoms with van der Waals surface area (Å²) in [6.45, 7) is 1.85. The molecule has 2 aromatic rings. The van der Waals surface area contributed by atoms with Crippen molar-refractivity contribution in [1.82, 2.24) is 10.9 Å². The highest BCUT2D eigenvalue weighted by atomic mass is 16.5. The van der Waals surface area contributed by atoms with Crippen molar-refractivity contribution >= 4 is 23.4 Å². The molecule has 7 nitrogen and oxygen atoms in total. The van der Waals surface area contributed by atoms with Crippen LogP contribution in [0.1, 0.15) is 35.7 Å². The molecule has 0 spiro atoms. The van der Waals surface area contributed by atoms with E-state index in [0.29, 0.717) is 17.0 Å². The van der Waals surface area contributed by atoms with Crippen LogP contribution in [0.15, 0.2) is 48.5 Å². The number of anilines is 1. The van der Waals surface area contributed by atoms with Crippen LogP contribution in [0.4, 0.5) is 5.69 Å². The number of aryl methyl sites for hydroxylation is 1. The van der Waals surface area contributed by atoms with E-state index >= 15 is 0 Å². The molecule has 0 atom stereocenters. The second-order valence-electron chi connectivity index (χ2n) is 6.63. The average Bonchev–Trinajstić information content (AvgIpc) is 3.57. The lowest BCUT2D eigenvalue weighted by atomic mass is 10.2. The zero-order chi connectivity index (χ0) is 19.9. The quantitative estimate of drug-likeness (QED) is 0.642. The highest BCUT2D eigenvalue weighted by Crippen LogP contribution is 2.30. The lowest BCUT2D eigenvalue weighted by molar-refractivity contribution is -0.123. The van der Waals surface area contributed by atoms with E-state index in [9.17, 15) is 14.4 Å². The van der Waals surface area contributed by atoms with Gasteiger partial charge in [0.05, 0.1) is 0 Å². The molecule has 1 aliphatic carbocycles. The van der Waals surface area contributed by atoms with Crippen LogP contribution in [0, 0.1) is 5.92 Å². The fraction of sp³-hybridized carbons (Fsp3) is 0.286. The first kappa shape index (κ1) is 19.4. The van der Waals surface area contributed by atoms with Gasteiger partial charge < -0.3 is 10.1 Å². The van der Waals surface area contributed by atoms with Crippen molar-refractivity contribution in [3.05, 3.63) is 59.7 Å². The van der Waals surface area contributed by atoms with Crippen molar-refractivity contribution in [2.24, 2.45) is 5.92 Å². The van der Waals surface area contributed by atoms with Crippen molar-refractivity contribution < 1.29 is 19.1 Å². The lowest BCUT2D eigenvalue weighted by Crippen LogP contribution is -2.43. The summed E-state index contributed by atoms with van der Waals surface area (Å²) in [4.78, 5) is 35.6. The summed E-state index contributed by atoms with van der Waals surface area (Å²) in [6.07, 6.45) is 2.79. The van der Waals surface area contributed by atoms with E-state index < -0.39 is 11.8 Å². The summed E-state index contributed by atoms with van der Waals surface area (Å²) >= 11 is 0. The molecule has 0 unspecified atom stereocenters. The highest BCUT2D eigenvalue weighted by molar-refractivity contribution is 5.97. The summed E-state index contributed by atoms with van der Waals surface area (Å²) in [5.41, 5.74) is 6.83. The molecule has 0 radical (unpaired) electrons. The number of hydrazine groups is 1. The molecule has 3 amide bonds. The van der Waals surface area contributed by atoms with Crippen molar-refractivity contribution in [2.75, 3.05) is 11.9 Å². The normalized spacial score (nSPS) is 12.8. The molecule has 1 aliphatic rings. The Morgan fingerprint density at radius 3 is 2.25 bits per heavy atom. The van der Waals surface area contributed by atoms with Crippen LogP contribution in [0.3, 0.4) is 0 Å². The van der Waals surface area contributed by atoms with Crippen LogP contribution in [0.25, 0.3) is 0 Å². The van der Waals surface area contributed by atoms with Gasteiger partial charge in [-0.05, 0) is 61.2 Å². The van der Waals surface area contributed by atoms with Crippen molar-refractivity contribution in [2.45, 2.75) is 26.2 Å². The molecule has 0 saturated heterocycles. The van der Waals surface area contributed by atoms with E-state index in [2.05, 4.69) is 23.1 Å². The van der Waals surface area contributed by atoms with Crippen LogP contribution >= 0.6 is 0 Å². The SMILES string of the molecule is CCc1ccc(OCC(=O)NNC(=O)c2ccc(NC(=O)C3CC3)cc2)cc1. The fourth-order valence-corrected chi connectivity index (χ4v) is 2.50. The van der Waals surface area contributed by atoms with Crippen LogP contribution in [-0.4, -0.2) is 24.3 Å². The number of carbonyl (C=O) groups is 3. The lowest BCUT2D eigenvalue weighted by Gasteiger charge is -2.10. The Balaban J connectivity index is 1.41. The van der Waals surface area contributed by atoms with Gasteiger partial charge in [-0.25, -0.2) is 0 Å². The Kier molecular flexibility index (Phi) is 6.26. The van der Waals surface area contributed by atoms with E-state index in [1.807, 2.05) is 12.1 Å². The fourth-order valence-electron chi connectivity index (χ4n) is 2.50. The minimum Gasteiger partial charge on any atom is -0.484 e. The number of rotatable bonds is 7. The third-order valence-corrected chi connectivity index (χ3v) is 4.38. The number of amides is 3. The zero-order valence-electron chi connectivity index (χ0n) is 15.7. The number of benzene rings is 2. The molecule has 28 heavy (non-hydrogen) atoms. The average molecular weight is 381 g/mol. The van der Waals surface area contributed by atoms with Gasteiger partial charge in [-0.3, -0.25) is 25.2 Å². The van der Waals surface area contributed by atoms with Crippen LogP contribution in [-0.2, 0) is 16.0 Å². The number of nitrogens with one attached hydrogen (secondary N) is 3. The van der Waals surface area contributed by atoms with E-state index in [1.54, 1.807) is 36.4 Å². The molecular weight excluding hydrogens is 358 g/mol. The first-order valence-corrected chi connectivity index (χ1v) is 9.27. The topological polar surface area (TPSA) is 96.5 Å². The summed E-state index contributed by atoms with van der Waals surface area (Å²) in [5, 5.41) is 2.80. The Labute approximate surface area is 163 Å². The van der Waals surface area contributed by atoms with E-state index in [-0.39, 0.29) is 18.4 Å². The maximum Gasteiger partial charge on any atom is 0.276 e. The molecule has 0 aromatic heterocycles. The second kappa shape index (κ2) is 9.03. The monoisotopic (exact) mass is 381 g/mol. The van der Waals surface area contributed by atoms with Crippen molar-refractivity contribution in [3.63, 3.8) is 0 Å². The molecular formula is C21H23N3O4. The Morgan fingerprint density at radius 2 is 1.64 bits per heavy atom. The molecule has 2 aromatic carbocycles. The summed E-state index contributed by atoms with van der Waals surface area (Å²) < 4.78 is 5.38. The molecule has 0 heterocycles. The first-order valence-electron chi connectivity index (χ1n) is 9.27. The minimum absolute atomic E-state index is 0.00815. The van der Waals surface area contributed by atoms with Crippen molar-refractivity contribution in [3.8, 4) is 5.75 Å². The van der Waals surface area contributed by atoms with Crippen molar-refractivity contribution in [1.29, 1.82) is 0 Å². The number of carbonyl (C=O) groups excluding carboxylic acids is 3. The van der Waals surface area contributed by atoms with E-state index in [4.69, 9.17) is 4.74 Å². The molecule has 3 N–H and O–H groups in total. The van der Waals surface area contributed by atoms with Gasteiger partial charge in [0.15, 0.2) is 6.61 Å². The third kappa shape index (κ3) is 5.57. The van der Waals surface area contributed by atoms with Gasteiger partial charge in [-0.15, -0.1) is 0 Å². The van der Waals surface area contributed by atoms with Gasteiger partial charge in [0.25, 0.3) is 11.8 Å². The molecule has 0 aliphatic heterocycles. The molecule has 146 valence electrons. The first-order chi connectivity index (χ1) is 13.5. The van der Waals surface area contributed by atoms with Gasteiger partial charge in [-0.1, -0.05) is 19.1 Å². The van der Waals surface area contributed by atoms with E-state index in [1.165, 1.54) is 5.56 Å². The molecule has 0 bridgehead atoms.